The van der Waals surface area contributed by atoms with Crippen LogP contribution in [-0.4, -0.2) is 4.98 Å². The van der Waals surface area contributed by atoms with E-state index in [2.05, 4.69) is 18.0 Å². The molecule has 84 valence electrons. The molecule has 0 amide bonds. The van der Waals surface area contributed by atoms with E-state index in [0.29, 0.717) is 0 Å². The molecule has 1 unspecified atom stereocenters. The molecule has 0 spiro atoms. The number of aromatic nitrogens is 1. The zero-order chi connectivity index (χ0) is 11.3. The first kappa shape index (κ1) is 12.2. The minimum atomic E-state index is 0.157. The molecule has 1 aromatic rings. The van der Waals surface area contributed by atoms with Crippen molar-refractivity contribution in [2.24, 2.45) is 5.73 Å². The number of hydrogen-bond donors (Lipinski definition) is 1. The van der Waals surface area contributed by atoms with Crippen LogP contribution in [0, 0.1) is 13.8 Å². The Kier molecular flexibility index (Phi) is 4.76. The van der Waals surface area contributed by atoms with Gasteiger partial charge in [-0.25, -0.2) is 0 Å². The van der Waals surface area contributed by atoms with E-state index in [-0.39, 0.29) is 6.04 Å². The summed E-state index contributed by atoms with van der Waals surface area (Å²) >= 11 is 0. The summed E-state index contributed by atoms with van der Waals surface area (Å²) in [7, 11) is 0. The van der Waals surface area contributed by atoms with Crippen LogP contribution in [0.4, 0.5) is 0 Å². The maximum Gasteiger partial charge on any atom is 0.0423 e. The fraction of sp³-hybridized carbons (Fsp3) is 0.615. The van der Waals surface area contributed by atoms with E-state index >= 15 is 0 Å². The van der Waals surface area contributed by atoms with Crippen LogP contribution in [0.25, 0.3) is 0 Å². The summed E-state index contributed by atoms with van der Waals surface area (Å²) in [6.07, 6.45) is 4.80. The lowest BCUT2D eigenvalue weighted by Gasteiger charge is -2.14. The zero-order valence-corrected chi connectivity index (χ0v) is 10.1. The Hall–Kier alpha value is -0.890. The van der Waals surface area contributed by atoms with Gasteiger partial charge in [-0.1, -0.05) is 32.3 Å². The maximum absolute atomic E-state index is 6.15. The number of unbranched alkanes of at least 4 members (excludes halogenated alkanes) is 2. The van der Waals surface area contributed by atoms with Gasteiger partial charge < -0.3 is 5.73 Å². The topological polar surface area (TPSA) is 38.9 Å². The summed E-state index contributed by atoms with van der Waals surface area (Å²) in [5.74, 6) is 0. The summed E-state index contributed by atoms with van der Waals surface area (Å²) in [4.78, 5) is 4.44. The summed E-state index contributed by atoms with van der Waals surface area (Å²) in [5, 5.41) is 0. The molecule has 0 saturated heterocycles. The van der Waals surface area contributed by atoms with E-state index in [1.54, 1.807) is 0 Å². The van der Waals surface area contributed by atoms with Crippen LogP contribution in [0.15, 0.2) is 12.1 Å². The minimum absolute atomic E-state index is 0.157. The second kappa shape index (κ2) is 5.86. The molecule has 1 aromatic heterocycles. The summed E-state index contributed by atoms with van der Waals surface area (Å²) in [6, 6.07) is 4.32. The number of rotatable bonds is 5. The van der Waals surface area contributed by atoms with Gasteiger partial charge in [-0.05, 0) is 31.9 Å². The minimum Gasteiger partial charge on any atom is -0.324 e. The van der Waals surface area contributed by atoms with Gasteiger partial charge in [0.05, 0.1) is 0 Å². The molecule has 15 heavy (non-hydrogen) atoms. The van der Waals surface area contributed by atoms with Crippen LogP contribution >= 0.6 is 0 Å². The highest BCUT2D eigenvalue weighted by molar-refractivity contribution is 5.24. The molecule has 2 nitrogen and oxygen atoms in total. The molecule has 0 bridgehead atoms. The Morgan fingerprint density at radius 3 is 2.60 bits per heavy atom. The van der Waals surface area contributed by atoms with Crippen LogP contribution in [0.2, 0.25) is 0 Å². The quantitative estimate of drug-likeness (QED) is 0.751. The Morgan fingerprint density at radius 1 is 1.27 bits per heavy atom. The van der Waals surface area contributed by atoms with Crippen molar-refractivity contribution in [2.45, 2.75) is 52.5 Å². The van der Waals surface area contributed by atoms with Gasteiger partial charge in [0.1, 0.15) is 0 Å². The van der Waals surface area contributed by atoms with E-state index in [4.69, 9.17) is 5.73 Å². The molecule has 0 aliphatic rings. The second-order valence-corrected chi connectivity index (χ2v) is 4.23. The van der Waals surface area contributed by atoms with Crippen molar-refractivity contribution >= 4 is 0 Å². The van der Waals surface area contributed by atoms with E-state index in [1.165, 1.54) is 24.8 Å². The Labute approximate surface area is 92.9 Å². The van der Waals surface area contributed by atoms with Gasteiger partial charge in [0.25, 0.3) is 0 Å². The Bertz CT molecular complexity index is 307. The predicted octanol–water partition coefficient (Wildman–Crippen LogP) is 3.28. The highest BCUT2D eigenvalue weighted by atomic mass is 14.7. The number of aryl methyl sites for hydroxylation is 2. The highest BCUT2D eigenvalue weighted by Crippen LogP contribution is 2.19. The monoisotopic (exact) mass is 206 g/mol. The number of nitrogens with two attached hydrogens (primary N) is 1. The SMILES string of the molecule is CCCCCC(N)c1ccc(C)nc1C. The summed E-state index contributed by atoms with van der Waals surface area (Å²) < 4.78 is 0. The van der Waals surface area contributed by atoms with E-state index in [0.717, 1.165) is 17.8 Å². The molecule has 0 fully saturated rings. The fourth-order valence-electron chi connectivity index (χ4n) is 1.86. The molecule has 0 aliphatic heterocycles. The van der Waals surface area contributed by atoms with Gasteiger partial charge in [-0.15, -0.1) is 0 Å². The normalized spacial score (nSPS) is 12.8. The molecule has 1 heterocycles. The van der Waals surface area contributed by atoms with Crippen LogP contribution in [0.3, 0.4) is 0 Å². The summed E-state index contributed by atoms with van der Waals surface area (Å²) in [6.45, 7) is 6.27. The average molecular weight is 206 g/mol. The van der Waals surface area contributed by atoms with Crippen molar-refractivity contribution in [3.8, 4) is 0 Å². The lowest BCUT2D eigenvalue weighted by Crippen LogP contribution is -2.12. The largest absolute Gasteiger partial charge is 0.324 e. The van der Waals surface area contributed by atoms with Crippen LogP contribution in [0.5, 0.6) is 0 Å². The molecule has 1 atom stereocenters. The van der Waals surface area contributed by atoms with Crippen LogP contribution in [0.1, 0.15) is 55.6 Å². The molecule has 1 rings (SSSR count). The lowest BCUT2D eigenvalue weighted by atomic mass is 10.00. The molecule has 2 N–H and O–H groups in total. The van der Waals surface area contributed by atoms with Crippen molar-refractivity contribution in [3.05, 3.63) is 29.1 Å². The third kappa shape index (κ3) is 3.63. The molecule has 0 saturated carbocycles. The van der Waals surface area contributed by atoms with Gasteiger partial charge in [-0.3, -0.25) is 4.98 Å². The van der Waals surface area contributed by atoms with E-state index < -0.39 is 0 Å². The molecule has 0 aromatic carbocycles. The number of nitrogens with zero attached hydrogens (tertiary/aromatic N) is 1. The predicted molar refractivity (Wildman–Crippen MR) is 64.8 cm³/mol. The molecular weight excluding hydrogens is 184 g/mol. The van der Waals surface area contributed by atoms with Crippen molar-refractivity contribution in [2.75, 3.05) is 0 Å². The molecule has 0 aliphatic carbocycles. The van der Waals surface area contributed by atoms with Gasteiger partial charge >= 0.3 is 0 Å². The van der Waals surface area contributed by atoms with Crippen molar-refractivity contribution in [3.63, 3.8) is 0 Å². The van der Waals surface area contributed by atoms with E-state index in [1.807, 2.05) is 19.9 Å². The fourth-order valence-corrected chi connectivity index (χ4v) is 1.86. The van der Waals surface area contributed by atoms with Crippen LogP contribution in [-0.2, 0) is 0 Å². The van der Waals surface area contributed by atoms with Gasteiger partial charge in [0.2, 0.25) is 0 Å². The third-order valence-corrected chi connectivity index (χ3v) is 2.78. The maximum atomic E-state index is 6.15. The zero-order valence-electron chi connectivity index (χ0n) is 10.1. The summed E-state index contributed by atoms with van der Waals surface area (Å²) in [5.41, 5.74) is 9.50. The lowest BCUT2D eigenvalue weighted by molar-refractivity contribution is 0.577. The van der Waals surface area contributed by atoms with Gasteiger partial charge in [0.15, 0.2) is 0 Å². The Balaban J connectivity index is 2.61. The van der Waals surface area contributed by atoms with Crippen LogP contribution < -0.4 is 5.73 Å². The standard InChI is InChI=1S/C13H22N2/c1-4-5-6-7-13(14)12-9-8-10(2)15-11(12)3/h8-9,13H,4-7,14H2,1-3H3. The molecule has 0 radical (unpaired) electrons. The van der Waals surface area contributed by atoms with Crippen molar-refractivity contribution < 1.29 is 0 Å². The smallest absolute Gasteiger partial charge is 0.0423 e. The first-order chi connectivity index (χ1) is 7.15. The van der Waals surface area contributed by atoms with E-state index in [9.17, 15) is 0 Å². The van der Waals surface area contributed by atoms with Gasteiger partial charge in [0, 0.05) is 17.4 Å². The van der Waals surface area contributed by atoms with Crippen molar-refractivity contribution in [1.82, 2.24) is 4.98 Å². The van der Waals surface area contributed by atoms with Gasteiger partial charge in [-0.2, -0.15) is 0 Å². The number of hydrogen-bond acceptors (Lipinski definition) is 2. The molecular formula is C13H22N2. The first-order valence-corrected chi connectivity index (χ1v) is 5.85. The average Bonchev–Trinajstić information content (AvgIpc) is 2.17. The van der Waals surface area contributed by atoms with Crippen molar-refractivity contribution in [1.29, 1.82) is 0 Å². The molecule has 2 heteroatoms. The Morgan fingerprint density at radius 2 is 2.00 bits per heavy atom. The number of pyridine rings is 1. The third-order valence-electron chi connectivity index (χ3n) is 2.78. The second-order valence-electron chi connectivity index (χ2n) is 4.23. The highest BCUT2D eigenvalue weighted by Gasteiger charge is 2.09. The first-order valence-electron chi connectivity index (χ1n) is 5.85.